The number of likely N-dealkylation sites (tertiary alicyclic amines) is 1. The lowest BCUT2D eigenvalue weighted by molar-refractivity contribution is -0.140. The van der Waals surface area contributed by atoms with Crippen molar-refractivity contribution in [1.82, 2.24) is 10.2 Å². The van der Waals surface area contributed by atoms with E-state index in [1.54, 1.807) is 7.11 Å². The van der Waals surface area contributed by atoms with E-state index in [-0.39, 0.29) is 42.5 Å². The Labute approximate surface area is 153 Å². The van der Waals surface area contributed by atoms with E-state index in [1.807, 2.05) is 24.3 Å². The Morgan fingerprint density at radius 1 is 1.15 bits per heavy atom. The number of carbonyl (C=O) groups excluding carboxylic acids is 3. The Balaban J connectivity index is 1.44. The van der Waals surface area contributed by atoms with Crippen LogP contribution in [0.3, 0.4) is 0 Å². The second kappa shape index (κ2) is 8.34. The highest BCUT2D eigenvalue weighted by molar-refractivity contribution is 6.05. The molecule has 140 valence electrons. The monoisotopic (exact) mass is 358 g/mol. The lowest BCUT2D eigenvalue weighted by atomic mass is 9.81. The minimum absolute atomic E-state index is 0.0819. The SMILES string of the molecule is COc1ccccc1CCNC(=O)CCN1C(=O)[C@@H]2CCCC[C@H]2C1=O. The first-order chi connectivity index (χ1) is 12.6. The number of imide groups is 1. The largest absolute Gasteiger partial charge is 0.496 e. The minimum atomic E-state index is -0.148. The van der Waals surface area contributed by atoms with Gasteiger partial charge in [0.1, 0.15) is 5.75 Å². The van der Waals surface area contributed by atoms with Gasteiger partial charge in [-0.2, -0.15) is 0 Å². The maximum atomic E-state index is 12.4. The quantitative estimate of drug-likeness (QED) is 0.756. The van der Waals surface area contributed by atoms with E-state index in [0.717, 1.165) is 37.0 Å². The molecule has 1 N–H and O–H groups in total. The van der Waals surface area contributed by atoms with E-state index in [0.29, 0.717) is 13.0 Å². The summed E-state index contributed by atoms with van der Waals surface area (Å²) in [5.74, 6) is 0.200. The molecule has 2 fully saturated rings. The summed E-state index contributed by atoms with van der Waals surface area (Å²) in [6, 6.07) is 7.70. The molecular weight excluding hydrogens is 332 g/mol. The second-order valence-electron chi connectivity index (χ2n) is 6.99. The molecule has 6 nitrogen and oxygen atoms in total. The predicted octanol–water partition coefficient (Wildman–Crippen LogP) is 1.92. The highest BCUT2D eigenvalue weighted by Crippen LogP contribution is 2.37. The van der Waals surface area contributed by atoms with E-state index >= 15 is 0 Å². The van der Waals surface area contributed by atoms with Gasteiger partial charge >= 0.3 is 0 Å². The standard InChI is InChI=1S/C20H26N2O4/c1-26-17-9-5-2-6-14(17)10-12-21-18(23)11-13-22-19(24)15-7-3-4-8-16(15)20(22)25/h2,5-6,9,15-16H,3-4,7-8,10-13H2,1H3,(H,21,23)/t15-,16-/m1/s1. The van der Waals surface area contributed by atoms with Crippen molar-refractivity contribution in [3.63, 3.8) is 0 Å². The number of hydrogen-bond donors (Lipinski definition) is 1. The fraction of sp³-hybridized carbons (Fsp3) is 0.550. The van der Waals surface area contributed by atoms with Gasteiger partial charge in [-0.15, -0.1) is 0 Å². The van der Waals surface area contributed by atoms with Gasteiger partial charge in [-0.3, -0.25) is 19.3 Å². The van der Waals surface area contributed by atoms with Crippen LogP contribution in [-0.4, -0.2) is 42.8 Å². The molecule has 1 aliphatic heterocycles. The highest BCUT2D eigenvalue weighted by Gasteiger charge is 2.47. The van der Waals surface area contributed by atoms with Crippen LogP contribution < -0.4 is 10.1 Å². The summed E-state index contributed by atoms with van der Waals surface area (Å²) >= 11 is 0. The molecule has 1 aromatic carbocycles. The number of methoxy groups -OCH3 is 1. The van der Waals surface area contributed by atoms with Gasteiger partial charge in [0.15, 0.2) is 0 Å². The van der Waals surface area contributed by atoms with Gasteiger partial charge in [0.05, 0.1) is 18.9 Å². The van der Waals surface area contributed by atoms with Crippen molar-refractivity contribution in [2.24, 2.45) is 11.8 Å². The lowest BCUT2D eigenvalue weighted by Gasteiger charge is -2.19. The van der Waals surface area contributed by atoms with Crippen molar-refractivity contribution in [2.75, 3.05) is 20.2 Å². The molecule has 26 heavy (non-hydrogen) atoms. The average molecular weight is 358 g/mol. The molecule has 1 aliphatic carbocycles. The molecule has 1 aromatic rings. The van der Waals surface area contributed by atoms with Crippen LogP contribution in [0.4, 0.5) is 0 Å². The zero-order chi connectivity index (χ0) is 18.5. The summed E-state index contributed by atoms with van der Waals surface area (Å²) in [4.78, 5) is 38.2. The third-order valence-electron chi connectivity index (χ3n) is 5.40. The summed E-state index contributed by atoms with van der Waals surface area (Å²) in [7, 11) is 1.62. The van der Waals surface area contributed by atoms with Gasteiger partial charge in [0.2, 0.25) is 17.7 Å². The number of rotatable bonds is 7. The number of carbonyl (C=O) groups is 3. The summed E-state index contributed by atoms with van der Waals surface area (Å²) in [6.07, 6.45) is 4.45. The number of benzene rings is 1. The Morgan fingerprint density at radius 2 is 1.81 bits per heavy atom. The van der Waals surface area contributed by atoms with E-state index < -0.39 is 0 Å². The van der Waals surface area contributed by atoms with Crippen LogP contribution in [0, 0.1) is 11.8 Å². The number of nitrogens with zero attached hydrogens (tertiary/aromatic N) is 1. The topological polar surface area (TPSA) is 75.7 Å². The van der Waals surface area contributed by atoms with Crippen LogP contribution in [0.5, 0.6) is 5.75 Å². The molecule has 3 amide bonds. The molecule has 6 heteroatoms. The van der Waals surface area contributed by atoms with Gasteiger partial charge in [-0.25, -0.2) is 0 Å². The molecule has 1 saturated heterocycles. The van der Waals surface area contributed by atoms with Crippen LogP contribution in [0.25, 0.3) is 0 Å². The molecule has 2 aliphatic rings. The third-order valence-corrected chi connectivity index (χ3v) is 5.40. The van der Waals surface area contributed by atoms with Crippen LogP contribution in [0.1, 0.15) is 37.7 Å². The maximum Gasteiger partial charge on any atom is 0.233 e. The molecule has 0 spiro atoms. The van der Waals surface area contributed by atoms with Crippen molar-refractivity contribution >= 4 is 17.7 Å². The van der Waals surface area contributed by atoms with Crippen LogP contribution >= 0.6 is 0 Å². The normalized spacial score (nSPS) is 22.3. The zero-order valence-corrected chi connectivity index (χ0v) is 15.2. The molecule has 0 radical (unpaired) electrons. The average Bonchev–Trinajstić information content (AvgIpc) is 2.91. The van der Waals surface area contributed by atoms with Crippen molar-refractivity contribution in [3.05, 3.63) is 29.8 Å². The Kier molecular flexibility index (Phi) is 5.91. The van der Waals surface area contributed by atoms with Crippen molar-refractivity contribution in [3.8, 4) is 5.75 Å². The zero-order valence-electron chi connectivity index (χ0n) is 15.2. The van der Waals surface area contributed by atoms with E-state index in [9.17, 15) is 14.4 Å². The van der Waals surface area contributed by atoms with Crippen LogP contribution in [0.15, 0.2) is 24.3 Å². The smallest absolute Gasteiger partial charge is 0.233 e. The molecular formula is C20H26N2O4. The van der Waals surface area contributed by atoms with E-state index in [4.69, 9.17) is 4.74 Å². The van der Waals surface area contributed by atoms with Gasteiger partial charge in [0.25, 0.3) is 0 Å². The number of hydrogen-bond acceptors (Lipinski definition) is 4. The number of para-hydroxylation sites is 1. The number of fused-ring (bicyclic) bond motifs is 1. The van der Waals surface area contributed by atoms with Gasteiger partial charge in [-0.05, 0) is 30.9 Å². The highest BCUT2D eigenvalue weighted by atomic mass is 16.5. The number of ether oxygens (including phenoxy) is 1. The molecule has 0 aromatic heterocycles. The van der Waals surface area contributed by atoms with Crippen LogP contribution in [0.2, 0.25) is 0 Å². The lowest BCUT2D eigenvalue weighted by Crippen LogP contribution is -2.35. The third kappa shape index (κ3) is 3.89. The van der Waals surface area contributed by atoms with Crippen LogP contribution in [-0.2, 0) is 20.8 Å². The molecule has 2 atom stereocenters. The Hall–Kier alpha value is -2.37. The fourth-order valence-corrected chi connectivity index (χ4v) is 4.00. The fourth-order valence-electron chi connectivity index (χ4n) is 4.00. The van der Waals surface area contributed by atoms with Gasteiger partial charge in [0, 0.05) is 19.5 Å². The van der Waals surface area contributed by atoms with Gasteiger partial charge in [-0.1, -0.05) is 31.0 Å². The second-order valence-corrected chi connectivity index (χ2v) is 6.99. The minimum Gasteiger partial charge on any atom is -0.496 e. The van der Waals surface area contributed by atoms with Crippen molar-refractivity contribution in [1.29, 1.82) is 0 Å². The summed E-state index contributed by atoms with van der Waals surface area (Å²) in [5.41, 5.74) is 1.03. The molecule has 1 heterocycles. The number of nitrogens with one attached hydrogen (secondary N) is 1. The first kappa shape index (κ1) is 18.4. The summed E-state index contributed by atoms with van der Waals surface area (Å²) < 4.78 is 5.29. The Morgan fingerprint density at radius 3 is 2.46 bits per heavy atom. The number of amides is 3. The summed E-state index contributed by atoms with van der Waals surface area (Å²) in [6.45, 7) is 0.678. The van der Waals surface area contributed by atoms with Crippen molar-refractivity contribution < 1.29 is 19.1 Å². The Bertz CT molecular complexity index is 664. The molecule has 0 bridgehead atoms. The van der Waals surface area contributed by atoms with Gasteiger partial charge < -0.3 is 10.1 Å². The molecule has 1 saturated carbocycles. The molecule has 0 unspecified atom stereocenters. The maximum absolute atomic E-state index is 12.4. The first-order valence-corrected chi connectivity index (χ1v) is 9.35. The molecule has 3 rings (SSSR count). The van der Waals surface area contributed by atoms with E-state index in [2.05, 4.69) is 5.32 Å². The predicted molar refractivity (Wildman–Crippen MR) is 96.5 cm³/mol. The van der Waals surface area contributed by atoms with E-state index in [1.165, 1.54) is 4.90 Å². The first-order valence-electron chi connectivity index (χ1n) is 9.35. The summed E-state index contributed by atoms with van der Waals surface area (Å²) in [5, 5.41) is 2.86. The van der Waals surface area contributed by atoms with Crippen molar-refractivity contribution in [2.45, 2.75) is 38.5 Å².